The molecule has 0 aliphatic carbocycles. The third-order valence-corrected chi connectivity index (χ3v) is 6.80. The second-order valence-electron chi connectivity index (χ2n) is 8.26. The average molecular weight is 481 g/mol. The van der Waals surface area contributed by atoms with Crippen molar-refractivity contribution >= 4 is 28.1 Å². The fourth-order valence-electron chi connectivity index (χ4n) is 4.22. The molecule has 6 nitrogen and oxygen atoms in total. The summed E-state index contributed by atoms with van der Waals surface area (Å²) in [5.41, 5.74) is 8.45. The lowest BCUT2D eigenvalue weighted by molar-refractivity contribution is -0.0436. The van der Waals surface area contributed by atoms with E-state index in [9.17, 15) is 0 Å². The summed E-state index contributed by atoms with van der Waals surface area (Å²) in [6, 6.07) is 30.9. The van der Waals surface area contributed by atoms with Crippen LogP contribution in [0.2, 0.25) is 0 Å². The molecule has 2 aromatic heterocycles. The molecule has 3 aromatic carbocycles. The van der Waals surface area contributed by atoms with Crippen LogP contribution < -0.4 is 10.2 Å². The summed E-state index contributed by atoms with van der Waals surface area (Å²) in [5.74, 6) is 0.636. The molecule has 0 atom stereocenters. The number of para-hydroxylation sites is 1. The molecule has 5 aromatic rings. The molecular formula is C28H24N4O2S. The number of anilines is 1. The lowest BCUT2D eigenvalue weighted by atomic mass is 10.1. The first-order valence-electron chi connectivity index (χ1n) is 11.6. The second-order valence-corrected chi connectivity index (χ2v) is 9.09. The minimum absolute atomic E-state index is 0.454. The molecule has 1 aliphatic rings. The molecule has 174 valence electrons. The van der Waals surface area contributed by atoms with Crippen LogP contribution >= 0.6 is 11.3 Å². The van der Waals surface area contributed by atoms with E-state index in [1.807, 2.05) is 36.4 Å². The van der Waals surface area contributed by atoms with Gasteiger partial charge in [0.2, 0.25) is 4.80 Å². The van der Waals surface area contributed by atoms with Gasteiger partial charge in [-0.15, -0.1) is 16.4 Å². The maximum absolute atomic E-state index is 5.80. The molecular weight excluding hydrogens is 456 g/mol. The highest BCUT2D eigenvalue weighted by Crippen LogP contribution is 2.31. The highest BCUT2D eigenvalue weighted by Gasteiger charge is 2.23. The van der Waals surface area contributed by atoms with E-state index < -0.39 is 6.29 Å². The molecule has 0 radical (unpaired) electrons. The zero-order chi connectivity index (χ0) is 23.5. The first-order valence-corrected chi connectivity index (χ1v) is 12.4. The number of hydrogen-bond acceptors (Lipinski definition) is 6. The van der Waals surface area contributed by atoms with Crippen molar-refractivity contribution < 1.29 is 9.47 Å². The van der Waals surface area contributed by atoms with Crippen LogP contribution in [-0.4, -0.2) is 22.8 Å². The van der Waals surface area contributed by atoms with Gasteiger partial charge in [-0.25, -0.2) is 4.98 Å². The normalized spacial score (nSPS) is 14.6. The zero-order valence-corrected chi connectivity index (χ0v) is 19.8. The molecule has 0 saturated carbocycles. The van der Waals surface area contributed by atoms with Crippen molar-refractivity contribution in [2.75, 3.05) is 18.6 Å². The number of pyridine rings is 1. The number of nitrogens with zero attached hydrogens (tertiary/aromatic N) is 3. The number of hydrogen-bond donors (Lipinski definition) is 1. The van der Waals surface area contributed by atoms with E-state index in [0.29, 0.717) is 25.6 Å². The predicted octanol–water partition coefficient (Wildman–Crippen LogP) is 5.79. The Morgan fingerprint density at radius 2 is 1.63 bits per heavy atom. The Morgan fingerprint density at radius 1 is 0.914 bits per heavy atom. The zero-order valence-electron chi connectivity index (χ0n) is 19.0. The van der Waals surface area contributed by atoms with E-state index >= 15 is 0 Å². The van der Waals surface area contributed by atoms with Crippen molar-refractivity contribution in [2.45, 2.75) is 12.8 Å². The molecule has 1 fully saturated rings. The lowest BCUT2D eigenvalue weighted by Crippen LogP contribution is -2.19. The van der Waals surface area contributed by atoms with Gasteiger partial charge in [-0.2, -0.15) is 0 Å². The Bertz CT molecular complexity index is 1510. The fourth-order valence-corrected chi connectivity index (χ4v) is 5.09. The average Bonchev–Trinajstić information content (AvgIpc) is 3.59. The standard InChI is InChI=1S/C28H24N4O2S/c1-3-9-20(10-4-1)18-32-25(21-11-5-2-6-12-21)19-35-28(32)31-30-26-23(27-33-15-16-34-27)17-22-13-7-8-14-24(22)29-26/h1-14,17,19,27H,15-16,18H2,(H,29,30)/b31-28-. The van der Waals surface area contributed by atoms with Gasteiger partial charge >= 0.3 is 0 Å². The first kappa shape index (κ1) is 21.7. The maximum atomic E-state index is 5.80. The molecule has 0 bridgehead atoms. The van der Waals surface area contributed by atoms with E-state index in [-0.39, 0.29) is 0 Å². The van der Waals surface area contributed by atoms with E-state index in [0.717, 1.165) is 32.5 Å². The van der Waals surface area contributed by atoms with Gasteiger partial charge in [-0.1, -0.05) is 78.9 Å². The minimum atomic E-state index is -0.454. The van der Waals surface area contributed by atoms with Gasteiger partial charge in [0.25, 0.3) is 0 Å². The maximum Gasteiger partial charge on any atom is 0.209 e. The summed E-state index contributed by atoms with van der Waals surface area (Å²) in [7, 11) is 0. The van der Waals surface area contributed by atoms with Crippen LogP contribution in [0, 0.1) is 0 Å². The Kier molecular flexibility index (Phi) is 6.11. The van der Waals surface area contributed by atoms with E-state index in [2.05, 4.69) is 70.0 Å². The largest absolute Gasteiger partial charge is 0.346 e. The number of rotatable bonds is 6. The number of ether oxygens (including phenoxy) is 2. The van der Waals surface area contributed by atoms with Crippen molar-refractivity contribution in [3.05, 3.63) is 112 Å². The molecule has 0 unspecified atom stereocenters. The van der Waals surface area contributed by atoms with Crippen LogP contribution in [0.3, 0.4) is 0 Å². The molecule has 0 spiro atoms. The van der Waals surface area contributed by atoms with Gasteiger partial charge in [0, 0.05) is 10.8 Å². The number of thiazole rings is 1. The molecule has 7 heteroatoms. The topological polar surface area (TPSA) is 60.7 Å². The van der Waals surface area contributed by atoms with E-state index in [4.69, 9.17) is 19.6 Å². The van der Waals surface area contributed by atoms with Gasteiger partial charge in [0.05, 0.1) is 36.5 Å². The van der Waals surface area contributed by atoms with Gasteiger partial charge in [-0.3, -0.25) is 5.43 Å². The summed E-state index contributed by atoms with van der Waals surface area (Å²) in [6.07, 6.45) is -0.454. The Morgan fingerprint density at radius 3 is 2.43 bits per heavy atom. The second kappa shape index (κ2) is 9.84. The summed E-state index contributed by atoms with van der Waals surface area (Å²) < 4.78 is 13.8. The highest BCUT2D eigenvalue weighted by molar-refractivity contribution is 7.07. The third-order valence-electron chi connectivity index (χ3n) is 5.94. The van der Waals surface area contributed by atoms with Crippen LogP contribution in [0.4, 0.5) is 5.82 Å². The molecule has 3 heterocycles. The van der Waals surface area contributed by atoms with Crippen molar-refractivity contribution in [1.29, 1.82) is 0 Å². The van der Waals surface area contributed by atoms with Crippen molar-refractivity contribution in [1.82, 2.24) is 9.55 Å². The number of nitrogens with one attached hydrogen (secondary N) is 1. The highest BCUT2D eigenvalue weighted by atomic mass is 32.1. The molecule has 1 N–H and O–H groups in total. The predicted molar refractivity (Wildman–Crippen MR) is 139 cm³/mol. The smallest absolute Gasteiger partial charge is 0.209 e. The lowest BCUT2D eigenvalue weighted by Gasteiger charge is -2.15. The van der Waals surface area contributed by atoms with Crippen LogP contribution in [0.25, 0.3) is 22.2 Å². The molecule has 0 amide bonds. The molecule has 1 saturated heterocycles. The van der Waals surface area contributed by atoms with Crippen molar-refractivity contribution in [3.8, 4) is 11.3 Å². The van der Waals surface area contributed by atoms with Crippen molar-refractivity contribution in [2.24, 2.45) is 5.10 Å². The van der Waals surface area contributed by atoms with Gasteiger partial charge < -0.3 is 14.0 Å². The SMILES string of the molecule is c1ccc(Cn2c(-c3ccccc3)cs/c2=N\Nc2nc3ccccc3cc2C2OCCO2)cc1. The monoisotopic (exact) mass is 480 g/mol. The van der Waals surface area contributed by atoms with Crippen LogP contribution in [0.1, 0.15) is 17.4 Å². The third kappa shape index (κ3) is 4.61. The van der Waals surface area contributed by atoms with Crippen LogP contribution in [0.5, 0.6) is 0 Å². The molecule has 1 aliphatic heterocycles. The fraction of sp³-hybridized carbons (Fsp3) is 0.143. The Hall–Kier alpha value is -3.78. The first-order chi connectivity index (χ1) is 17.3. The van der Waals surface area contributed by atoms with Gasteiger partial charge in [-0.05, 0) is 23.3 Å². The summed E-state index contributed by atoms with van der Waals surface area (Å²) >= 11 is 1.59. The number of fused-ring (bicyclic) bond motifs is 1. The molecule has 6 rings (SSSR count). The van der Waals surface area contributed by atoms with Gasteiger partial charge in [0.1, 0.15) is 0 Å². The van der Waals surface area contributed by atoms with Crippen LogP contribution in [-0.2, 0) is 16.0 Å². The number of aromatic nitrogens is 2. The Labute approximate surface area is 207 Å². The molecule has 35 heavy (non-hydrogen) atoms. The summed E-state index contributed by atoms with van der Waals surface area (Å²) in [5, 5.41) is 8.00. The summed E-state index contributed by atoms with van der Waals surface area (Å²) in [4.78, 5) is 5.69. The van der Waals surface area contributed by atoms with Crippen LogP contribution in [0.15, 0.2) is 101 Å². The number of benzene rings is 3. The minimum Gasteiger partial charge on any atom is -0.346 e. The quantitative estimate of drug-likeness (QED) is 0.313. The Balaban J connectivity index is 1.43. The van der Waals surface area contributed by atoms with Crippen molar-refractivity contribution in [3.63, 3.8) is 0 Å². The van der Waals surface area contributed by atoms with E-state index in [1.165, 1.54) is 5.56 Å². The van der Waals surface area contributed by atoms with E-state index in [1.54, 1.807) is 11.3 Å². The van der Waals surface area contributed by atoms with Gasteiger partial charge in [0.15, 0.2) is 12.1 Å². The summed E-state index contributed by atoms with van der Waals surface area (Å²) in [6.45, 7) is 1.84.